The smallest absolute Gasteiger partial charge is 0.127 e. The van der Waals surface area contributed by atoms with E-state index in [-0.39, 0.29) is 12.6 Å². The van der Waals surface area contributed by atoms with Crippen molar-refractivity contribution in [3.63, 3.8) is 0 Å². The number of hydrogen-bond acceptors (Lipinski definition) is 3. The zero-order valence-corrected chi connectivity index (χ0v) is 12.6. The highest BCUT2D eigenvalue weighted by Gasteiger charge is 2.22. The lowest BCUT2D eigenvalue weighted by Crippen LogP contribution is -2.22. The Morgan fingerprint density at radius 2 is 1.82 bits per heavy atom. The van der Waals surface area contributed by atoms with Crippen LogP contribution >= 0.6 is 15.9 Å². The Morgan fingerprint density at radius 3 is 2.24 bits per heavy atom. The van der Waals surface area contributed by atoms with Gasteiger partial charge in [0.05, 0.1) is 19.8 Å². The second-order valence-corrected chi connectivity index (χ2v) is 4.95. The third-order valence-corrected chi connectivity index (χ3v) is 4.48. The molecule has 0 aliphatic carbocycles. The Bertz CT molecular complexity index is 415. The van der Waals surface area contributed by atoms with Gasteiger partial charge in [0.25, 0.3) is 0 Å². The normalized spacial score (nSPS) is 12.6. The lowest BCUT2D eigenvalue weighted by molar-refractivity contribution is 0.247. The van der Waals surface area contributed by atoms with Gasteiger partial charge in [0.1, 0.15) is 5.75 Å². The Kier molecular flexibility index (Phi) is 4.98. The number of ether oxygens (including phenoxy) is 1. The summed E-state index contributed by atoms with van der Waals surface area (Å²) >= 11 is 3.61. The van der Waals surface area contributed by atoms with Crippen LogP contribution in [-0.2, 0) is 0 Å². The van der Waals surface area contributed by atoms with E-state index in [0.29, 0.717) is 0 Å². The van der Waals surface area contributed by atoms with Gasteiger partial charge in [-0.25, -0.2) is 0 Å². The van der Waals surface area contributed by atoms with Crippen molar-refractivity contribution in [2.45, 2.75) is 26.8 Å². The van der Waals surface area contributed by atoms with Gasteiger partial charge in [-0.1, -0.05) is 15.9 Å². The average molecular weight is 302 g/mol. The molecule has 0 heterocycles. The molecule has 1 aromatic rings. The molecule has 0 spiro atoms. The molecule has 96 valence electrons. The topological polar surface area (TPSA) is 41.5 Å². The van der Waals surface area contributed by atoms with Gasteiger partial charge >= 0.3 is 0 Å². The molecular weight excluding hydrogens is 282 g/mol. The van der Waals surface area contributed by atoms with E-state index in [0.717, 1.165) is 26.9 Å². The van der Waals surface area contributed by atoms with Crippen molar-refractivity contribution in [1.29, 1.82) is 0 Å². The number of nitrogens with one attached hydrogen (secondary N) is 1. The minimum atomic E-state index is -0.111. The van der Waals surface area contributed by atoms with Crippen LogP contribution in [0, 0.1) is 20.8 Å². The summed E-state index contributed by atoms with van der Waals surface area (Å²) < 4.78 is 6.59. The third-order valence-electron chi connectivity index (χ3n) is 3.29. The average Bonchev–Trinajstić information content (AvgIpc) is 2.34. The second kappa shape index (κ2) is 5.85. The Labute approximate surface area is 111 Å². The van der Waals surface area contributed by atoms with E-state index in [4.69, 9.17) is 4.74 Å². The van der Waals surface area contributed by atoms with Crippen LogP contribution in [0.3, 0.4) is 0 Å². The molecule has 0 bridgehead atoms. The second-order valence-electron chi connectivity index (χ2n) is 4.16. The number of benzene rings is 1. The number of methoxy groups -OCH3 is 1. The SMILES string of the molecule is CNC(CO)c1c(C)c(Br)c(C)c(C)c1OC. The van der Waals surface area contributed by atoms with Crippen LogP contribution in [-0.4, -0.2) is 25.9 Å². The monoisotopic (exact) mass is 301 g/mol. The zero-order chi connectivity index (χ0) is 13.2. The van der Waals surface area contributed by atoms with Crippen LogP contribution in [0.25, 0.3) is 0 Å². The van der Waals surface area contributed by atoms with E-state index in [1.165, 1.54) is 5.56 Å². The predicted octanol–water partition coefficient (Wildman–Crippen LogP) is 2.64. The van der Waals surface area contributed by atoms with Gasteiger partial charge in [0.2, 0.25) is 0 Å². The quantitative estimate of drug-likeness (QED) is 0.898. The summed E-state index contributed by atoms with van der Waals surface area (Å²) in [6, 6.07) is -0.111. The summed E-state index contributed by atoms with van der Waals surface area (Å²) in [6.45, 7) is 6.18. The Morgan fingerprint density at radius 1 is 1.24 bits per heavy atom. The van der Waals surface area contributed by atoms with E-state index in [9.17, 15) is 5.11 Å². The number of likely N-dealkylation sites (N-methyl/N-ethyl adjacent to an activating group) is 1. The van der Waals surface area contributed by atoms with Gasteiger partial charge in [-0.2, -0.15) is 0 Å². The summed E-state index contributed by atoms with van der Waals surface area (Å²) in [5.41, 5.74) is 4.41. The van der Waals surface area contributed by atoms with Crippen molar-refractivity contribution in [3.05, 3.63) is 26.7 Å². The molecule has 0 aliphatic heterocycles. The standard InChI is InChI=1S/C13H20BrNO2/c1-7-8(2)13(17-5)11(9(3)12(7)14)10(6-16)15-4/h10,15-16H,6H2,1-5H3. The van der Waals surface area contributed by atoms with E-state index < -0.39 is 0 Å². The van der Waals surface area contributed by atoms with E-state index in [1.54, 1.807) is 7.11 Å². The maximum Gasteiger partial charge on any atom is 0.127 e. The predicted molar refractivity (Wildman–Crippen MR) is 73.8 cm³/mol. The van der Waals surface area contributed by atoms with Crippen LogP contribution in [0.15, 0.2) is 4.47 Å². The highest BCUT2D eigenvalue weighted by molar-refractivity contribution is 9.10. The van der Waals surface area contributed by atoms with Crippen LogP contribution in [0.1, 0.15) is 28.3 Å². The molecule has 0 saturated carbocycles. The van der Waals surface area contributed by atoms with E-state index in [1.807, 2.05) is 20.9 Å². The molecular formula is C13H20BrNO2. The summed E-state index contributed by atoms with van der Waals surface area (Å²) in [5.74, 6) is 0.858. The summed E-state index contributed by atoms with van der Waals surface area (Å²) in [6.07, 6.45) is 0. The Balaban J connectivity index is 3.56. The van der Waals surface area contributed by atoms with Gasteiger partial charge in [-0.05, 0) is 44.5 Å². The number of aliphatic hydroxyl groups is 1. The van der Waals surface area contributed by atoms with Crippen LogP contribution in [0.4, 0.5) is 0 Å². The van der Waals surface area contributed by atoms with Gasteiger partial charge in [-0.3, -0.25) is 0 Å². The summed E-state index contributed by atoms with van der Waals surface area (Å²) in [7, 11) is 3.51. The number of aliphatic hydroxyl groups excluding tert-OH is 1. The number of rotatable bonds is 4. The molecule has 0 radical (unpaired) electrons. The first-order chi connectivity index (χ1) is 7.99. The van der Waals surface area contributed by atoms with Gasteiger partial charge < -0.3 is 15.2 Å². The first kappa shape index (κ1) is 14.5. The van der Waals surface area contributed by atoms with Crippen molar-refractivity contribution >= 4 is 15.9 Å². The molecule has 0 amide bonds. The molecule has 1 unspecified atom stereocenters. The molecule has 3 nitrogen and oxygen atoms in total. The first-order valence-electron chi connectivity index (χ1n) is 5.60. The lowest BCUT2D eigenvalue weighted by atomic mass is 9.94. The maximum atomic E-state index is 9.44. The molecule has 0 aliphatic rings. The molecule has 0 saturated heterocycles. The molecule has 17 heavy (non-hydrogen) atoms. The van der Waals surface area contributed by atoms with E-state index >= 15 is 0 Å². The fourth-order valence-electron chi connectivity index (χ4n) is 2.12. The van der Waals surface area contributed by atoms with Gasteiger partial charge in [-0.15, -0.1) is 0 Å². The molecule has 1 atom stereocenters. The maximum absolute atomic E-state index is 9.44. The van der Waals surface area contributed by atoms with Crippen molar-refractivity contribution in [2.75, 3.05) is 20.8 Å². The largest absolute Gasteiger partial charge is 0.496 e. The van der Waals surface area contributed by atoms with Crippen molar-refractivity contribution in [1.82, 2.24) is 5.32 Å². The van der Waals surface area contributed by atoms with Gasteiger partial charge in [0, 0.05) is 10.0 Å². The zero-order valence-electron chi connectivity index (χ0n) is 11.0. The highest BCUT2D eigenvalue weighted by atomic mass is 79.9. The third kappa shape index (κ3) is 2.49. The van der Waals surface area contributed by atoms with Crippen LogP contribution in [0.5, 0.6) is 5.75 Å². The van der Waals surface area contributed by atoms with Crippen LogP contribution in [0.2, 0.25) is 0 Å². The van der Waals surface area contributed by atoms with Crippen molar-refractivity contribution < 1.29 is 9.84 Å². The van der Waals surface area contributed by atoms with Crippen molar-refractivity contribution in [3.8, 4) is 5.75 Å². The molecule has 2 N–H and O–H groups in total. The summed E-state index contributed by atoms with van der Waals surface area (Å²) in [4.78, 5) is 0. The fourth-order valence-corrected chi connectivity index (χ4v) is 2.63. The minimum Gasteiger partial charge on any atom is -0.496 e. The molecule has 1 aromatic carbocycles. The first-order valence-corrected chi connectivity index (χ1v) is 6.40. The molecule has 4 heteroatoms. The molecule has 0 aromatic heterocycles. The lowest BCUT2D eigenvalue weighted by Gasteiger charge is -2.24. The fraction of sp³-hybridized carbons (Fsp3) is 0.538. The van der Waals surface area contributed by atoms with Crippen LogP contribution < -0.4 is 10.1 Å². The number of hydrogen-bond donors (Lipinski definition) is 2. The van der Waals surface area contributed by atoms with E-state index in [2.05, 4.69) is 28.2 Å². The van der Waals surface area contributed by atoms with Crippen molar-refractivity contribution in [2.24, 2.45) is 0 Å². The molecule has 1 rings (SSSR count). The molecule has 0 fully saturated rings. The summed E-state index contributed by atoms with van der Waals surface area (Å²) in [5, 5.41) is 12.5. The highest BCUT2D eigenvalue weighted by Crippen LogP contribution is 2.39. The van der Waals surface area contributed by atoms with Gasteiger partial charge in [0.15, 0.2) is 0 Å². The number of halogens is 1. The Hall–Kier alpha value is -0.580. The minimum absolute atomic E-state index is 0.0443.